The van der Waals surface area contributed by atoms with Gasteiger partial charge in [0.05, 0.1) is 29.5 Å². The molecule has 7 nitrogen and oxygen atoms in total. The molecule has 3 heterocycles. The highest BCUT2D eigenvalue weighted by atomic mass is 35.5. The van der Waals surface area contributed by atoms with E-state index < -0.39 is 22.7 Å². The van der Waals surface area contributed by atoms with Gasteiger partial charge in [-0.1, -0.05) is 29.5 Å². The number of fused-ring (bicyclic) bond motifs is 2. The molecule has 0 fully saturated rings. The van der Waals surface area contributed by atoms with Gasteiger partial charge >= 0.3 is 5.69 Å². The molecule has 186 valence electrons. The van der Waals surface area contributed by atoms with E-state index in [1.807, 2.05) is 0 Å². The minimum Gasteiger partial charge on any atom is -0.494 e. The van der Waals surface area contributed by atoms with Gasteiger partial charge in [-0.2, -0.15) is 0 Å². The molecular weight excluding hydrogens is 517 g/mol. The van der Waals surface area contributed by atoms with Crippen LogP contribution < -0.4 is 16.0 Å². The highest BCUT2D eigenvalue weighted by molar-refractivity contribution is 7.22. The van der Waals surface area contributed by atoms with Crippen LogP contribution in [0, 0.1) is 17.7 Å². The van der Waals surface area contributed by atoms with Crippen LogP contribution in [0.2, 0.25) is 5.02 Å². The molecule has 0 amide bonds. The lowest BCUT2D eigenvalue weighted by atomic mass is 10.1. The second-order valence-electron chi connectivity index (χ2n) is 8.79. The quantitative estimate of drug-likeness (QED) is 0.321. The molecule has 5 rings (SSSR count). The van der Waals surface area contributed by atoms with Gasteiger partial charge in [-0.05, 0) is 44.2 Å². The molecule has 0 radical (unpaired) electrons. The van der Waals surface area contributed by atoms with Crippen molar-refractivity contribution < 1.29 is 14.2 Å². The Morgan fingerprint density at radius 3 is 2.70 bits per heavy atom. The molecule has 0 atom stereocenters. The summed E-state index contributed by atoms with van der Waals surface area (Å²) in [6.45, 7) is 3.16. The summed E-state index contributed by atoms with van der Waals surface area (Å²) in [6.07, 6.45) is 3.06. The van der Waals surface area contributed by atoms with E-state index >= 15 is 0 Å². The summed E-state index contributed by atoms with van der Waals surface area (Å²) in [5, 5.41) is 11.4. The first-order valence-corrected chi connectivity index (χ1v) is 12.2. The van der Waals surface area contributed by atoms with Gasteiger partial charge in [0.2, 0.25) is 0 Å². The predicted octanol–water partition coefficient (Wildman–Crippen LogP) is 4.88. The molecule has 0 saturated carbocycles. The summed E-state index contributed by atoms with van der Waals surface area (Å²) in [4.78, 5) is 34.2. The molecule has 0 saturated heterocycles. The van der Waals surface area contributed by atoms with Crippen LogP contribution >= 0.6 is 22.9 Å². The Morgan fingerprint density at radius 1 is 1.19 bits per heavy atom. The maximum Gasteiger partial charge on any atom is 0.333 e. The van der Waals surface area contributed by atoms with Gasteiger partial charge in [0.1, 0.15) is 10.3 Å². The van der Waals surface area contributed by atoms with Gasteiger partial charge in [-0.25, -0.2) is 13.8 Å². The van der Waals surface area contributed by atoms with E-state index in [0.29, 0.717) is 32.3 Å². The van der Waals surface area contributed by atoms with E-state index in [0.717, 1.165) is 22.0 Å². The van der Waals surface area contributed by atoms with E-state index in [2.05, 4.69) is 21.8 Å². The van der Waals surface area contributed by atoms with Crippen LogP contribution in [0.1, 0.15) is 19.4 Å². The minimum absolute atomic E-state index is 0.00748. The Morgan fingerprint density at radius 2 is 1.97 bits per heavy atom. The average Bonchev–Trinajstić information content (AvgIpc) is 3.26. The summed E-state index contributed by atoms with van der Waals surface area (Å²) >= 11 is 7.39. The first kappa shape index (κ1) is 24.7. The molecule has 10 heteroatoms. The first-order valence-electron chi connectivity index (χ1n) is 11.0. The van der Waals surface area contributed by atoms with Crippen LogP contribution in [-0.4, -0.2) is 32.4 Å². The smallest absolute Gasteiger partial charge is 0.333 e. The van der Waals surface area contributed by atoms with Crippen molar-refractivity contribution in [1.29, 1.82) is 0 Å². The average molecular weight is 536 g/mol. The van der Waals surface area contributed by atoms with Crippen molar-refractivity contribution in [3.05, 3.63) is 86.0 Å². The Hall–Kier alpha value is -3.97. The largest absolute Gasteiger partial charge is 0.494 e. The summed E-state index contributed by atoms with van der Waals surface area (Å²) in [5.41, 5.74) is -0.677. The number of aliphatic hydroxyl groups is 1. The van der Waals surface area contributed by atoms with Crippen molar-refractivity contribution in [2.75, 3.05) is 7.11 Å². The third-order valence-electron chi connectivity index (χ3n) is 5.57. The summed E-state index contributed by atoms with van der Waals surface area (Å²) < 4.78 is 20.4. The minimum atomic E-state index is -1.18. The Kier molecular flexibility index (Phi) is 6.12. The highest BCUT2D eigenvalue weighted by Gasteiger charge is 2.18. The van der Waals surface area contributed by atoms with E-state index in [1.165, 1.54) is 19.4 Å². The lowest BCUT2D eigenvalue weighted by Crippen LogP contribution is -2.33. The lowest BCUT2D eigenvalue weighted by Gasteiger charge is -2.09. The lowest BCUT2D eigenvalue weighted by molar-refractivity contribution is 0.143. The maximum atomic E-state index is 14.0. The number of ether oxygens (including phenoxy) is 1. The van der Waals surface area contributed by atoms with Crippen molar-refractivity contribution in [2.45, 2.75) is 19.4 Å². The second-order valence-corrected chi connectivity index (χ2v) is 10.3. The van der Waals surface area contributed by atoms with E-state index in [-0.39, 0.29) is 21.2 Å². The van der Waals surface area contributed by atoms with Crippen molar-refractivity contribution in [3.8, 4) is 33.7 Å². The number of pyridine rings is 1. The van der Waals surface area contributed by atoms with Crippen molar-refractivity contribution in [3.63, 3.8) is 0 Å². The standard InChI is InChI=1S/C27H19ClFN3O4S/c1-27(2,35)7-6-14-4-5-15-12-30-13-21(16(15)8-14)32-25(33)24-20(31-26(32)34)11-23(37-24)17-9-22(36-3)19(29)10-18(17)28/h4-5,8-13,35H,1-3H3,(H,31,34). The molecule has 37 heavy (non-hydrogen) atoms. The van der Waals surface area contributed by atoms with Gasteiger partial charge in [0, 0.05) is 33.0 Å². The van der Waals surface area contributed by atoms with E-state index in [1.54, 1.807) is 44.3 Å². The number of aromatic nitrogens is 3. The van der Waals surface area contributed by atoms with Crippen molar-refractivity contribution in [2.24, 2.45) is 0 Å². The number of H-pyrrole nitrogens is 1. The Labute approximate surface area is 218 Å². The fourth-order valence-electron chi connectivity index (χ4n) is 3.86. The monoisotopic (exact) mass is 535 g/mol. The van der Waals surface area contributed by atoms with Crippen LogP contribution in [-0.2, 0) is 0 Å². The van der Waals surface area contributed by atoms with Crippen LogP contribution in [0.3, 0.4) is 0 Å². The SMILES string of the molecule is COc1cc(-c2cc3[nH]c(=O)n(-c4cncc5ccc(C#CC(C)(C)O)cc45)c(=O)c3s2)c(Cl)cc1F. The molecule has 5 aromatic rings. The maximum absolute atomic E-state index is 14.0. The highest BCUT2D eigenvalue weighted by Crippen LogP contribution is 2.38. The number of aromatic amines is 1. The molecule has 0 aliphatic rings. The van der Waals surface area contributed by atoms with Crippen LogP contribution in [0.4, 0.5) is 4.39 Å². The number of benzene rings is 2. The Balaban J connectivity index is 1.72. The summed E-state index contributed by atoms with van der Waals surface area (Å²) in [7, 11) is 1.34. The number of methoxy groups -OCH3 is 1. The zero-order chi connectivity index (χ0) is 26.5. The summed E-state index contributed by atoms with van der Waals surface area (Å²) in [5.74, 6) is 5.07. The van der Waals surface area contributed by atoms with E-state index in [4.69, 9.17) is 16.3 Å². The van der Waals surface area contributed by atoms with Crippen LogP contribution in [0.5, 0.6) is 5.75 Å². The molecule has 2 aromatic carbocycles. The molecule has 0 bridgehead atoms. The number of thiophene rings is 1. The summed E-state index contributed by atoms with van der Waals surface area (Å²) in [6, 6.07) is 9.51. The van der Waals surface area contributed by atoms with Gasteiger partial charge in [0.15, 0.2) is 11.6 Å². The second kappa shape index (κ2) is 9.16. The molecule has 0 unspecified atom stereocenters. The molecule has 0 spiro atoms. The number of rotatable bonds is 3. The fraction of sp³-hybridized carbons (Fsp3) is 0.148. The normalized spacial score (nSPS) is 11.5. The van der Waals surface area contributed by atoms with Crippen LogP contribution in [0.15, 0.2) is 58.4 Å². The third kappa shape index (κ3) is 4.62. The molecule has 0 aliphatic heterocycles. The zero-order valence-electron chi connectivity index (χ0n) is 19.8. The molecular formula is C27H19ClFN3O4S. The van der Waals surface area contributed by atoms with Gasteiger partial charge in [0.25, 0.3) is 5.56 Å². The van der Waals surface area contributed by atoms with Gasteiger partial charge < -0.3 is 14.8 Å². The first-order chi connectivity index (χ1) is 17.6. The Bertz CT molecular complexity index is 1890. The van der Waals surface area contributed by atoms with Gasteiger partial charge in [-0.15, -0.1) is 11.3 Å². The topological polar surface area (TPSA) is 97.2 Å². The van der Waals surface area contributed by atoms with Crippen molar-refractivity contribution >= 4 is 43.9 Å². The number of halogens is 2. The number of hydrogen-bond donors (Lipinski definition) is 2. The molecule has 3 aromatic heterocycles. The molecule has 2 N–H and O–H groups in total. The zero-order valence-corrected chi connectivity index (χ0v) is 21.4. The predicted molar refractivity (Wildman–Crippen MR) is 143 cm³/mol. The van der Waals surface area contributed by atoms with Gasteiger partial charge in [-0.3, -0.25) is 9.78 Å². The number of nitrogens with one attached hydrogen (secondary N) is 1. The number of hydrogen-bond acceptors (Lipinski definition) is 6. The number of nitrogens with zero attached hydrogens (tertiary/aromatic N) is 2. The third-order valence-corrected chi connectivity index (χ3v) is 7.04. The van der Waals surface area contributed by atoms with Crippen molar-refractivity contribution in [1.82, 2.24) is 14.5 Å². The molecule has 0 aliphatic carbocycles. The fourth-order valence-corrected chi connectivity index (χ4v) is 5.25. The van der Waals surface area contributed by atoms with Crippen LogP contribution in [0.25, 0.3) is 37.1 Å². The van der Waals surface area contributed by atoms with E-state index in [9.17, 15) is 19.1 Å².